The van der Waals surface area contributed by atoms with Gasteiger partial charge in [-0.15, -0.1) is 0 Å². The highest BCUT2D eigenvalue weighted by Crippen LogP contribution is 2.40. The van der Waals surface area contributed by atoms with Gasteiger partial charge in [0.2, 0.25) is 17.7 Å². The van der Waals surface area contributed by atoms with Crippen LogP contribution in [0.1, 0.15) is 77.5 Å². The molecule has 3 aliphatic rings. The van der Waals surface area contributed by atoms with Crippen LogP contribution in [0.25, 0.3) is 11.3 Å². The maximum absolute atomic E-state index is 14.6. The third-order valence-electron chi connectivity index (χ3n) is 7.92. The fraction of sp³-hybridized carbons (Fsp3) is 0.567. The molecule has 3 N–H and O–H groups in total. The van der Waals surface area contributed by atoms with Gasteiger partial charge in [-0.2, -0.15) is 4.98 Å². The number of nitrogens with one attached hydrogen (secondary N) is 1. The Morgan fingerprint density at radius 3 is 2.41 bits per heavy atom. The van der Waals surface area contributed by atoms with Crippen molar-refractivity contribution in [1.29, 1.82) is 0 Å². The number of rotatable bonds is 8. The molecule has 1 unspecified atom stereocenters. The topological polar surface area (TPSA) is 137 Å². The zero-order chi connectivity index (χ0) is 29.3. The molecule has 0 radical (unpaired) electrons. The highest BCUT2D eigenvalue weighted by molar-refractivity contribution is 5.92. The van der Waals surface area contributed by atoms with Crippen LogP contribution < -0.4 is 15.8 Å². The van der Waals surface area contributed by atoms with Gasteiger partial charge < -0.3 is 25.4 Å². The number of carbonyl (C=O) groups is 3. The summed E-state index contributed by atoms with van der Waals surface area (Å²) >= 11 is 0. The van der Waals surface area contributed by atoms with Gasteiger partial charge in [-0.3, -0.25) is 9.59 Å². The van der Waals surface area contributed by atoms with Crippen LogP contribution in [0.15, 0.2) is 30.3 Å². The number of ether oxygens (including phenoxy) is 2. The zero-order valence-electron chi connectivity index (χ0n) is 23.8. The lowest BCUT2D eigenvalue weighted by Crippen LogP contribution is -2.57. The average molecular weight is 568 g/mol. The van der Waals surface area contributed by atoms with Crippen molar-refractivity contribution in [3.8, 4) is 17.1 Å². The lowest BCUT2D eigenvalue weighted by atomic mass is 9.85. The summed E-state index contributed by atoms with van der Waals surface area (Å²) in [5, 5.41) is 2.74. The Morgan fingerprint density at radius 1 is 1.07 bits per heavy atom. The number of nitrogens with two attached hydrogens (primary N) is 1. The summed E-state index contributed by atoms with van der Waals surface area (Å²) in [6, 6.07) is 6.06. The highest BCUT2D eigenvalue weighted by Gasteiger charge is 2.45. The number of aromatic nitrogens is 2. The molecule has 11 heteroatoms. The molecule has 3 fully saturated rings. The molecule has 3 atom stereocenters. The first-order valence-corrected chi connectivity index (χ1v) is 14.4. The summed E-state index contributed by atoms with van der Waals surface area (Å²) in [6.45, 7) is 5.56. The van der Waals surface area contributed by atoms with Crippen molar-refractivity contribution >= 4 is 17.9 Å². The number of benzene rings is 1. The molecule has 2 aromatic rings. The van der Waals surface area contributed by atoms with E-state index in [9.17, 15) is 18.8 Å². The third kappa shape index (κ3) is 6.77. The number of likely N-dealkylation sites (tertiary alicyclic amines) is 1. The van der Waals surface area contributed by atoms with Gasteiger partial charge in [0.15, 0.2) is 0 Å². The maximum Gasteiger partial charge on any atom is 0.408 e. The van der Waals surface area contributed by atoms with Crippen LogP contribution in [0.4, 0.5) is 9.18 Å². The molecule has 220 valence electrons. The largest absolute Gasteiger partial charge is 0.472 e. The minimum atomic E-state index is -0.954. The molecule has 10 nitrogen and oxygen atoms in total. The smallest absolute Gasteiger partial charge is 0.408 e. The average Bonchev–Trinajstić information content (AvgIpc) is 3.48. The fourth-order valence-corrected chi connectivity index (χ4v) is 5.53. The Hall–Kier alpha value is -3.76. The van der Waals surface area contributed by atoms with Crippen LogP contribution in [0.3, 0.4) is 0 Å². The molecule has 0 bridgehead atoms. The molecular weight excluding hydrogens is 529 g/mol. The molecule has 2 aliphatic carbocycles. The normalized spacial score (nSPS) is 21.9. The second-order valence-corrected chi connectivity index (χ2v) is 12.3. The summed E-state index contributed by atoms with van der Waals surface area (Å²) in [7, 11) is 0. The van der Waals surface area contributed by atoms with E-state index in [0.29, 0.717) is 17.1 Å². The van der Waals surface area contributed by atoms with E-state index >= 15 is 0 Å². The maximum atomic E-state index is 14.6. The van der Waals surface area contributed by atoms with Crippen LogP contribution in [0.5, 0.6) is 5.88 Å². The summed E-state index contributed by atoms with van der Waals surface area (Å²) in [5.41, 5.74) is 5.79. The van der Waals surface area contributed by atoms with Crippen LogP contribution in [-0.4, -0.2) is 63.6 Å². The van der Waals surface area contributed by atoms with Crippen LogP contribution in [-0.2, 0) is 14.3 Å². The van der Waals surface area contributed by atoms with Gasteiger partial charge in [0, 0.05) is 24.0 Å². The quantitative estimate of drug-likeness (QED) is 0.491. The van der Waals surface area contributed by atoms with Crippen molar-refractivity contribution in [3.63, 3.8) is 0 Å². The molecule has 2 saturated carbocycles. The number of carbonyl (C=O) groups excluding carboxylic acids is 3. The molecule has 41 heavy (non-hydrogen) atoms. The number of halogens is 1. The van der Waals surface area contributed by atoms with Crippen molar-refractivity contribution in [1.82, 2.24) is 20.2 Å². The summed E-state index contributed by atoms with van der Waals surface area (Å²) < 4.78 is 26.3. The molecule has 1 saturated heterocycles. The van der Waals surface area contributed by atoms with E-state index in [1.807, 2.05) is 20.8 Å². The third-order valence-corrected chi connectivity index (χ3v) is 7.92. The summed E-state index contributed by atoms with van der Waals surface area (Å²) in [5.74, 6) is -0.503. The predicted octanol–water partition coefficient (Wildman–Crippen LogP) is 4.08. The Bertz CT molecular complexity index is 1300. The Labute approximate surface area is 239 Å². The highest BCUT2D eigenvalue weighted by atomic mass is 19.1. The molecule has 1 aliphatic heterocycles. The van der Waals surface area contributed by atoms with Crippen molar-refractivity contribution in [3.05, 3.63) is 42.0 Å². The first-order chi connectivity index (χ1) is 19.5. The summed E-state index contributed by atoms with van der Waals surface area (Å²) in [4.78, 5) is 49.5. The second-order valence-electron chi connectivity index (χ2n) is 12.3. The number of hydrogen-bond donors (Lipinski definition) is 2. The Kier molecular flexibility index (Phi) is 8.15. The van der Waals surface area contributed by atoms with Gasteiger partial charge in [0.05, 0.1) is 12.2 Å². The second kappa shape index (κ2) is 11.6. The van der Waals surface area contributed by atoms with Crippen LogP contribution >= 0.6 is 0 Å². The first kappa shape index (κ1) is 28.8. The first-order valence-electron chi connectivity index (χ1n) is 14.4. The number of alkyl carbamates (subject to hydrolysis) is 1. The van der Waals surface area contributed by atoms with Gasteiger partial charge in [-0.25, -0.2) is 14.2 Å². The van der Waals surface area contributed by atoms with E-state index in [1.54, 1.807) is 24.3 Å². The molecule has 5 rings (SSSR count). The Morgan fingerprint density at radius 2 is 1.78 bits per heavy atom. The minimum absolute atomic E-state index is 0.0656. The van der Waals surface area contributed by atoms with E-state index in [4.69, 9.17) is 15.2 Å². The van der Waals surface area contributed by atoms with Gasteiger partial charge >= 0.3 is 6.09 Å². The van der Waals surface area contributed by atoms with Gasteiger partial charge in [0.25, 0.3) is 0 Å². The number of nitrogens with zero attached hydrogens (tertiary/aromatic N) is 3. The SMILES string of the molecule is CC(C)(C)[C@H](NC(=O)OC1CCCC1)C(=O)N1CC(Oc2cc(-c3ccccc3F)nc(C3CC3)n2)C[C@H]1C(N)=O. The predicted molar refractivity (Wildman–Crippen MR) is 148 cm³/mol. The van der Waals surface area contributed by atoms with Crippen molar-refractivity contribution in [2.24, 2.45) is 11.1 Å². The lowest BCUT2D eigenvalue weighted by Gasteiger charge is -2.34. The van der Waals surface area contributed by atoms with E-state index in [1.165, 1.54) is 11.0 Å². The van der Waals surface area contributed by atoms with Crippen LogP contribution in [0.2, 0.25) is 0 Å². The van der Waals surface area contributed by atoms with Gasteiger partial charge in [-0.05, 0) is 56.1 Å². The van der Waals surface area contributed by atoms with Gasteiger partial charge in [-0.1, -0.05) is 32.9 Å². The standard InChI is InChI=1S/C30H38FN5O5/c1-30(2,3)25(35-29(39)41-18-8-4-5-9-18)28(38)36-16-19(14-23(36)26(32)37)40-24-15-22(20-10-6-7-11-21(20)31)33-27(34-24)17-12-13-17/h6-7,10-11,15,17-19,23,25H,4-5,8-9,12-14,16H2,1-3H3,(H2,32,37)(H,35,39)/t19?,23-,25+/m0/s1. The van der Waals surface area contributed by atoms with Crippen molar-refractivity contribution < 1.29 is 28.2 Å². The number of hydrogen-bond acceptors (Lipinski definition) is 7. The van der Waals surface area contributed by atoms with Gasteiger partial charge in [0.1, 0.15) is 35.9 Å². The minimum Gasteiger partial charge on any atom is -0.472 e. The lowest BCUT2D eigenvalue weighted by molar-refractivity contribution is -0.141. The molecule has 2 heterocycles. The molecule has 1 aromatic heterocycles. The molecular formula is C30H38FN5O5. The number of amides is 3. The molecule has 3 amide bonds. The Balaban J connectivity index is 1.34. The summed E-state index contributed by atoms with van der Waals surface area (Å²) in [6.07, 6.45) is 4.26. The molecule has 0 spiro atoms. The van der Waals surface area contributed by atoms with Crippen molar-refractivity contribution in [2.75, 3.05) is 6.54 Å². The van der Waals surface area contributed by atoms with Crippen LogP contribution in [0, 0.1) is 11.2 Å². The van der Waals surface area contributed by atoms with E-state index in [0.717, 1.165) is 38.5 Å². The van der Waals surface area contributed by atoms with E-state index in [2.05, 4.69) is 15.3 Å². The fourth-order valence-electron chi connectivity index (χ4n) is 5.53. The monoisotopic (exact) mass is 567 g/mol. The van der Waals surface area contributed by atoms with Crippen molar-refractivity contribution in [2.45, 2.75) is 95.9 Å². The van der Waals surface area contributed by atoms with E-state index in [-0.39, 0.29) is 30.9 Å². The van der Waals surface area contributed by atoms with E-state index < -0.39 is 47.3 Å². The number of primary amides is 1. The zero-order valence-corrected chi connectivity index (χ0v) is 23.8. The molecule has 1 aromatic carbocycles.